The normalized spacial score (nSPS) is 24.9. The van der Waals surface area contributed by atoms with Crippen molar-refractivity contribution in [2.24, 2.45) is 0 Å². The molecule has 1 amide bonds. The molecular weight excluding hydrogens is 204 g/mol. The van der Waals surface area contributed by atoms with E-state index < -0.39 is 0 Å². The van der Waals surface area contributed by atoms with Crippen LogP contribution in [0.2, 0.25) is 0 Å². The molecule has 1 saturated heterocycles. The molecular formula is C12H24N2O2. The van der Waals surface area contributed by atoms with E-state index in [0.717, 1.165) is 25.8 Å². The molecule has 4 nitrogen and oxygen atoms in total. The van der Waals surface area contributed by atoms with Gasteiger partial charge in [0.1, 0.15) is 0 Å². The van der Waals surface area contributed by atoms with Crippen molar-refractivity contribution in [1.82, 2.24) is 9.80 Å². The molecule has 2 unspecified atom stereocenters. The van der Waals surface area contributed by atoms with Crippen LogP contribution in [-0.2, 0) is 4.79 Å². The SMILES string of the molecule is CC(C(=O)N(C)C)N1CCCCCC1CO. The zero-order chi connectivity index (χ0) is 12.1. The highest BCUT2D eigenvalue weighted by Crippen LogP contribution is 2.19. The van der Waals surface area contributed by atoms with Crippen LogP contribution in [0.3, 0.4) is 0 Å². The highest BCUT2D eigenvalue weighted by Gasteiger charge is 2.29. The van der Waals surface area contributed by atoms with Crippen molar-refractivity contribution in [2.75, 3.05) is 27.2 Å². The second-order valence-corrected chi connectivity index (χ2v) is 4.83. The zero-order valence-electron chi connectivity index (χ0n) is 10.6. The lowest BCUT2D eigenvalue weighted by molar-refractivity contribution is -0.135. The van der Waals surface area contributed by atoms with E-state index in [4.69, 9.17) is 0 Å². The average molecular weight is 228 g/mol. The molecule has 0 aromatic carbocycles. The summed E-state index contributed by atoms with van der Waals surface area (Å²) in [5.41, 5.74) is 0. The van der Waals surface area contributed by atoms with Gasteiger partial charge >= 0.3 is 0 Å². The number of rotatable bonds is 3. The molecule has 1 heterocycles. The number of hydrogen-bond donors (Lipinski definition) is 1. The molecule has 0 saturated carbocycles. The van der Waals surface area contributed by atoms with Gasteiger partial charge in [0, 0.05) is 20.1 Å². The monoisotopic (exact) mass is 228 g/mol. The highest BCUT2D eigenvalue weighted by atomic mass is 16.3. The first kappa shape index (κ1) is 13.5. The van der Waals surface area contributed by atoms with Crippen molar-refractivity contribution in [3.8, 4) is 0 Å². The minimum atomic E-state index is -0.120. The number of carbonyl (C=O) groups is 1. The Balaban J connectivity index is 2.69. The summed E-state index contributed by atoms with van der Waals surface area (Å²) in [6, 6.07) is 0.0339. The number of amides is 1. The molecule has 1 aliphatic heterocycles. The molecule has 0 aromatic heterocycles. The lowest BCUT2D eigenvalue weighted by atomic mass is 10.1. The largest absolute Gasteiger partial charge is 0.395 e. The predicted octanol–water partition coefficient (Wildman–Crippen LogP) is 0.700. The minimum Gasteiger partial charge on any atom is -0.395 e. The molecule has 1 fully saturated rings. The summed E-state index contributed by atoms with van der Waals surface area (Å²) in [7, 11) is 3.56. The molecule has 0 spiro atoms. The summed E-state index contributed by atoms with van der Waals surface area (Å²) in [6.07, 6.45) is 4.49. The molecule has 16 heavy (non-hydrogen) atoms. The summed E-state index contributed by atoms with van der Waals surface area (Å²) in [4.78, 5) is 15.7. The predicted molar refractivity (Wildman–Crippen MR) is 64.2 cm³/mol. The van der Waals surface area contributed by atoms with Gasteiger partial charge in [-0.2, -0.15) is 0 Å². The van der Waals surface area contributed by atoms with Crippen molar-refractivity contribution in [3.63, 3.8) is 0 Å². The van der Waals surface area contributed by atoms with Gasteiger partial charge in [-0.25, -0.2) is 0 Å². The molecule has 0 bridgehead atoms. The van der Waals surface area contributed by atoms with Crippen LogP contribution in [0.4, 0.5) is 0 Å². The van der Waals surface area contributed by atoms with Crippen LogP contribution in [0, 0.1) is 0 Å². The number of likely N-dealkylation sites (tertiary alicyclic amines) is 1. The average Bonchev–Trinajstić information content (AvgIpc) is 2.51. The van der Waals surface area contributed by atoms with Gasteiger partial charge in [0.15, 0.2) is 0 Å². The Morgan fingerprint density at radius 3 is 2.69 bits per heavy atom. The smallest absolute Gasteiger partial charge is 0.239 e. The van der Waals surface area contributed by atoms with Gasteiger partial charge in [0.05, 0.1) is 12.6 Å². The topological polar surface area (TPSA) is 43.8 Å². The lowest BCUT2D eigenvalue weighted by Crippen LogP contribution is -2.50. The second-order valence-electron chi connectivity index (χ2n) is 4.83. The first-order valence-electron chi connectivity index (χ1n) is 6.15. The molecule has 4 heteroatoms. The molecule has 0 radical (unpaired) electrons. The van der Waals surface area contributed by atoms with Crippen molar-refractivity contribution in [1.29, 1.82) is 0 Å². The third kappa shape index (κ3) is 3.19. The van der Waals surface area contributed by atoms with E-state index in [0.29, 0.717) is 0 Å². The van der Waals surface area contributed by atoms with E-state index in [-0.39, 0.29) is 24.6 Å². The van der Waals surface area contributed by atoms with Crippen LogP contribution in [-0.4, -0.2) is 60.1 Å². The molecule has 1 rings (SSSR count). The second kappa shape index (κ2) is 6.21. The summed E-state index contributed by atoms with van der Waals surface area (Å²) >= 11 is 0. The molecule has 2 atom stereocenters. The minimum absolute atomic E-state index is 0.120. The van der Waals surface area contributed by atoms with Crippen LogP contribution in [0.5, 0.6) is 0 Å². The van der Waals surface area contributed by atoms with Crippen LogP contribution >= 0.6 is 0 Å². The molecule has 1 aliphatic rings. The number of hydrogen-bond acceptors (Lipinski definition) is 3. The molecule has 94 valence electrons. The maximum absolute atomic E-state index is 11.9. The summed E-state index contributed by atoms with van der Waals surface area (Å²) in [5.74, 6) is 0.125. The van der Waals surface area contributed by atoms with Crippen molar-refractivity contribution in [3.05, 3.63) is 0 Å². The van der Waals surface area contributed by atoms with E-state index in [1.165, 1.54) is 6.42 Å². The lowest BCUT2D eigenvalue weighted by Gasteiger charge is -2.34. The molecule has 0 aliphatic carbocycles. The summed E-state index contributed by atoms with van der Waals surface area (Å²) < 4.78 is 0. The Bertz CT molecular complexity index is 231. The van der Waals surface area contributed by atoms with Crippen LogP contribution < -0.4 is 0 Å². The standard InChI is InChI=1S/C12H24N2O2/c1-10(12(16)13(2)3)14-8-6-4-5-7-11(14)9-15/h10-11,15H,4-9H2,1-3H3. The molecule has 1 N–H and O–H groups in total. The van der Waals surface area contributed by atoms with Gasteiger partial charge in [-0.3, -0.25) is 9.69 Å². The van der Waals surface area contributed by atoms with E-state index in [9.17, 15) is 9.90 Å². The number of aliphatic hydroxyl groups excluding tert-OH is 1. The Hall–Kier alpha value is -0.610. The Labute approximate surface area is 98.2 Å². The summed E-state index contributed by atoms with van der Waals surface area (Å²) in [5, 5.41) is 9.39. The van der Waals surface area contributed by atoms with Crippen LogP contribution in [0.1, 0.15) is 32.6 Å². The Morgan fingerprint density at radius 2 is 2.12 bits per heavy atom. The van der Waals surface area contributed by atoms with Gasteiger partial charge in [-0.1, -0.05) is 12.8 Å². The fraction of sp³-hybridized carbons (Fsp3) is 0.917. The fourth-order valence-electron chi connectivity index (χ4n) is 2.42. The van der Waals surface area contributed by atoms with Gasteiger partial charge in [-0.15, -0.1) is 0 Å². The van der Waals surface area contributed by atoms with Gasteiger partial charge in [-0.05, 0) is 26.3 Å². The highest BCUT2D eigenvalue weighted by molar-refractivity contribution is 5.81. The van der Waals surface area contributed by atoms with E-state index in [2.05, 4.69) is 4.90 Å². The number of aliphatic hydroxyl groups is 1. The summed E-state index contributed by atoms with van der Waals surface area (Å²) in [6.45, 7) is 3.02. The zero-order valence-corrected chi connectivity index (χ0v) is 10.6. The number of nitrogens with zero attached hydrogens (tertiary/aromatic N) is 2. The first-order chi connectivity index (χ1) is 7.57. The fourth-order valence-corrected chi connectivity index (χ4v) is 2.42. The number of carbonyl (C=O) groups excluding carboxylic acids is 1. The van der Waals surface area contributed by atoms with Gasteiger partial charge in [0.2, 0.25) is 5.91 Å². The first-order valence-corrected chi connectivity index (χ1v) is 6.15. The Kier molecular flexibility index (Phi) is 5.22. The van der Waals surface area contributed by atoms with Crippen molar-refractivity contribution < 1.29 is 9.90 Å². The maximum Gasteiger partial charge on any atom is 0.239 e. The van der Waals surface area contributed by atoms with E-state index >= 15 is 0 Å². The quantitative estimate of drug-likeness (QED) is 0.773. The Morgan fingerprint density at radius 1 is 1.44 bits per heavy atom. The third-order valence-electron chi connectivity index (χ3n) is 3.43. The van der Waals surface area contributed by atoms with Gasteiger partial charge in [0.25, 0.3) is 0 Å². The van der Waals surface area contributed by atoms with E-state index in [1.807, 2.05) is 6.92 Å². The van der Waals surface area contributed by atoms with Crippen LogP contribution in [0.15, 0.2) is 0 Å². The van der Waals surface area contributed by atoms with Crippen molar-refractivity contribution in [2.45, 2.75) is 44.7 Å². The maximum atomic E-state index is 11.9. The van der Waals surface area contributed by atoms with Crippen LogP contribution in [0.25, 0.3) is 0 Å². The van der Waals surface area contributed by atoms with Gasteiger partial charge < -0.3 is 10.0 Å². The molecule has 0 aromatic rings. The van der Waals surface area contributed by atoms with E-state index in [1.54, 1.807) is 19.0 Å². The number of likely N-dealkylation sites (N-methyl/N-ethyl adjacent to an activating group) is 1. The third-order valence-corrected chi connectivity index (χ3v) is 3.43. The van der Waals surface area contributed by atoms with Crippen molar-refractivity contribution >= 4 is 5.91 Å².